The molecule has 0 aromatic carbocycles. The largest absolute Gasteiger partial charge is 0.393 e. The van der Waals surface area contributed by atoms with Crippen LogP contribution in [0.15, 0.2) is 11.6 Å². The third kappa shape index (κ3) is 2.17. The minimum absolute atomic E-state index is 0.221. The predicted octanol–water partition coefficient (Wildman–Crippen LogP) is 1.82. The summed E-state index contributed by atoms with van der Waals surface area (Å²) in [6, 6.07) is 0. The molecule has 1 rings (SSSR count). The van der Waals surface area contributed by atoms with Crippen molar-refractivity contribution in [2.24, 2.45) is 5.92 Å². The van der Waals surface area contributed by atoms with E-state index in [1.54, 1.807) is 0 Å². The Kier molecular flexibility index (Phi) is 3.23. The number of rotatable bonds is 3. The molecule has 0 aliphatic carbocycles. The lowest BCUT2D eigenvalue weighted by molar-refractivity contribution is -0.152. The molecule has 1 unspecified atom stereocenters. The van der Waals surface area contributed by atoms with Crippen molar-refractivity contribution in [1.29, 1.82) is 0 Å². The number of carbonyl (C=O) groups excluding carboxylic acids is 2. The van der Waals surface area contributed by atoms with E-state index in [2.05, 4.69) is 4.74 Å². The third-order valence-corrected chi connectivity index (χ3v) is 2.19. The molecule has 1 heterocycles. The molecule has 0 amide bonds. The zero-order valence-electron chi connectivity index (χ0n) is 8.00. The third-order valence-electron chi connectivity index (χ3n) is 2.19. The van der Waals surface area contributed by atoms with Gasteiger partial charge in [-0.15, -0.1) is 0 Å². The molecule has 3 nitrogen and oxygen atoms in total. The fourth-order valence-corrected chi connectivity index (χ4v) is 1.55. The van der Waals surface area contributed by atoms with E-state index in [1.165, 1.54) is 0 Å². The summed E-state index contributed by atoms with van der Waals surface area (Å²) in [6.07, 6.45) is 3.92. The first-order valence-corrected chi connectivity index (χ1v) is 4.62. The fourth-order valence-electron chi connectivity index (χ4n) is 1.55. The summed E-state index contributed by atoms with van der Waals surface area (Å²) in [7, 11) is 0. The standard InChI is InChI=1S/C10H14O3/c1-3-5-7(4-2)8-6-9(11)13-10(8)12/h5,8H,3-4,6H2,1-2H3/b7-5+. The zero-order chi connectivity index (χ0) is 9.84. The average molecular weight is 182 g/mol. The lowest BCUT2D eigenvalue weighted by atomic mass is 9.94. The van der Waals surface area contributed by atoms with Gasteiger partial charge < -0.3 is 4.74 Å². The van der Waals surface area contributed by atoms with E-state index in [1.807, 2.05) is 19.9 Å². The van der Waals surface area contributed by atoms with E-state index in [4.69, 9.17) is 0 Å². The van der Waals surface area contributed by atoms with E-state index in [0.29, 0.717) is 0 Å². The second-order valence-corrected chi connectivity index (χ2v) is 3.09. The Hall–Kier alpha value is -1.12. The number of carbonyl (C=O) groups is 2. The van der Waals surface area contributed by atoms with Crippen LogP contribution in [0.2, 0.25) is 0 Å². The highest BCUT2D eigenvalue weighted by atomic mass is 16.6. The summed E-state index contributed by atoms with van der Waals surface area (Å²) in [6.45, 7) is 4.00. The number of esters is 2. The molecule has 1 fully saturated rings. The van der Waals surface area contributed by atoms with Crippen LogP contribution < -0.4 is 0 Å². The predicted molar refractivity (Wildman–Crippen MR) is 47.9 cm³/mol. The van der Waals surface area contributed by atoms with Crippen molar-refractivity contribution in [3.05, 3.63) is 11.6 Å². The topological polar surface area (TPSA) is 43.4 Å². The van der Waals surface area contributed by atoms with Crippen molar-refractivity contribution in [3.8, 4) is 0 Å². The Balaban J connectivity index is 2.75. The average Bonchev–Trinajstić information content (AvgIpc) is 2.41. The van der Waals surface area contributed by atoms with Crippen molar-refractivity contribution in [3.63, 3.8) is 0 Å². The SMILES string of the molecule is CC/C=C(\CC)C1CC(=O)OC1=O. The van der Waals surface area contributed by atoms with Gasteiger partial charge in [0.25, 0.3) is 0 Å². The molecular weight excluding hydrogens is 168 g/mol. The van der Waals surface area contributed by atoms with Gasteiger partial charge >= 0.3 is 11.9 Å². The molecular formula is C10H14O3. The Bertz CT molecular complexity index is 253. The summed E-state index contributed by atoms with van der Waals surface area (Å²) in [4.78, 5) is 22.0. The molecule has 1 aliphatic rings. The maximum atomic E-state index is 11.2. The van der Waals surface area contributed by atoms with Crippen molar-refractivity contribution < 1.29 is 14.3 Å². The van der Waals surface area contributed by atoms with E-state index in [-0.39, 0.29) is 18.3 Å². The highest BCUT2D eigenvalue weighted by Crippen LogP contribution is 2.26. The number of cyclic esters (lactones) is 2. The molecule has 1 aliphatic heterocycles. The normalized spacial score (nSPS) is 23.5. The van der Waals surface area contributed by atoms with Crippen LogP contribution in [0.4, 0.5) is 0 Å². The van der Waals surface area contributed by atoms with Crippen LogP contribution in [0.5, 0.6) is 0 Å². The first-order chi connectivity index (χ1) is 6.19. The second kappa shape index (κ2) is 4.21. The minimum atomic E-state index is -0.398. The molecule has 0 spiro atoms. The van der Waals surface area contributed by atoms with Crippen LogP contribution in [0.3, 0.4) is 0 Å². The summed E-state index contributed by atoms with van der Waals surface area (Å²) >= 11 is 0. The van der Waals surface area contributed by atoms with Crippen LogP contribution >= 0.6 is 0 Å². The fraction of sp³-hybridized carbons (Fsp3) is 0.600. The molecule has 3 heteroatoms. The minimum Gasteiger partial charge on any atom is -0.393 e. The van der Waals surface area contributed by atoms with Gasteiger partial charge in [-0.25, -0.2) is 0 Å². The maximum absolute atomic E-state index is 11.2. The van der Waals surface area contributed by atoms with E-state index < -0.39 is 5.97 Å². The lowest BCUT2D eigenvalue weighted by Gasteiger charge is -2.07. The Labute approximate surface area is 77.8 Å². The molecule has 0 N–H and O–H groups in total. The molecule has 0 saturated carbocycles. The smallest absolute Gasteiger partial charge is 0.321 e. The van der Waals surface area contributed by atoms with Crippen LogP contribution in [-0.2, 0) is 14.3 Å². The molecule has 1 atom stereocenters. The number of hydrogen-bond donors (Lipinski definition) is 0. The van der Waals surface area contributed by atoms with E-state index >= 15 is 0 Å². The lowest BCUT2D eigenvalue weighted by Crippen LogP contribution is -2.10. The molecule has 0 aromatic rings. The van der Waals surface area contributed by atoms with Gasteiger partial charge in [0.05, 0.1) is 12.3 Å². The Morgan fingerprint density at radius 3 is 2.62 bits per heavy atom. The monoisotopic (exact) mass is 182 g/mol. The summed E-state index contributed by atoms with van der Waals surface area (Å²) in [5.74, 6) is -1.09. The highest BCUT2D eigenvalue weighted by Gasteiger charge is 2.34. The van der Waals surface area contributed by atoms with Gasteiger partial charge in [0.1, 0.15) is 0 Å². The summed E-state index contributed by atoms with van der Waals surface area (Å²) in [5.41, 5.74) is 1.03. The van der Waals surface area contributed by atoms with Crippen molar-refractivity contribution >= 4 is 11.9 Å². The van der Waals surface area contributed by atoms with Gasteiger partial charge in [0.15, 0.2) is 0 Å². The number of allylic oxidation sites excluding steroid dienone is 1. The molecule has 0 bridgehead atoms. The van der Waals surface area contributed by atoms with Crippen molar-refractivity contribution in [2.75, 3.05) is 0 Å². The summed E-state index contributed by atoms with van der Waals surface area (Å²) in [5, 5.41) is 0. The van der Waals surface area contributed by atoms with Crippen LogP contribution in [-0.4, -0.2) is 11.9 Å². The van der Waals surface area contributed by atoms with E-state index in [9.17, 15) is 9.59 Å². The number of hydrogen-bond acceptors (Lipinski definition) is 3. The Morgan fingerprint density at radius 1 is 1.54 bits per heavy atom. The van der Waals surface area contributed by atoms with Crippen LogP contribution in [0.25, 0.3) is 0 Å². The van der Waals surface area contributed by atoms with Crippen molar-refractivity contribution in [1.82, 2.24) is 0 Å². The maximum Gasteiger partial charge on any atom is 0.321 e. The molecule has 1 saturated heterocycles. The van der Waals surface area contributed by atoms with Crippen molar-refractivity contribution in [2.45, 2.75) is 33.1 Å². The van der Waals surface area contributed by atoms with Gasteiger partial charge in [-0.3, -0.25) is 9.59 Å². The molecule has 72 valence electrons. The first-order valence-electron chi connectivity index (χ1n) is 4.62. The highest BCUT2D eigenvalue weighted by molar-refractivity contribution is 5.96. The van der Waals surface area contributed by atoms with Gasteiger partial charge in [-0.05, 0) is 12.8 Å². The number of ether oxygens (including phenoxy) is 1. The van der Waals surface area contributed by atoms with Gasteiger partial charge in [-0.1, -0.05) is 25.5 Å². The van der Waals surface area contributed by atoms with Crippen LogP contribution in [0.1, 0.15) is 33.1 Å². The van der Waals surface area contributed by atoms with Gasteiger partial charge in [0.2, 0.25) is 0 Å². The summed E-state index contributed by atoms with van der Waals surface area (Å²) < 4.78 is 4.48. The molecule has 13 heavy (non-hydrogen) atoms. The second-order valence-electron chi connectivity index (χ2n) is 3.09. The van der Waals surface area contributed by atoms with Crippen LogP contribution in [0, 0.1) is 5.92 Å². The van der Waals surface area contributed by atoms with Gasteiger partial charge in [0, 0.05) is 0 Å². The molecule has 0 radical (unpaired) electrons. The Morgan fingerprint density at radius 2 is 2.23 bits per heavy atom. The quantitative estimate of drug-likeness (QED) is 0.380. The molecule has 0 aromatic heterocycles. The first kappa shape index (κ1) is 9.96. The van der Waals surface area contributed by atoms with E-state index in [0.717, 1.165) is 18.4 Å². The zero-order valence-corrected chi connectivity index (χ0v) is 8.00. The van der Waals surface area contributed by atoms with Gasteiger partial charge in [-0.2, -0.15) is 0 Å².